The van der Waals surface area contributed by atoms with Gasteiger partial charge in [-0.3, -0.25) is 14.9 Å². The van der Waals surface area contributed by atoms with Crippen LogP contribution in [-0.2, 0) is 6.54 Å². The van der Waals surface area contributed by atoms with Crippen molar-refractivity contribution in [3.05, 3.63) is 52.6 Å². The number of nitrogens with one attached hydrogen (secondary N) is 2. The minimum atomic E-state index is -0.230. The van der Waals surface area contributed by atoms with E-state index in [0.29, 0.717) is 12.2 Å². The van der Waals surface area contributed by atoms with Crippen LogP contribution in [0.2, 0.25) is 0 Å². The topological polar surface area (TPSA) is 83.6 Å². The zero-order chi connectivity index (χ0) is 15.5. The number of rotatable bonds is 4. The minimum absolute atomic E-state index is 0.230. The van der Waals surface area contributed by atoms with Gasteiger partial charge in [0.2, 0.25) is 0 Å². The Hall–Kier alpha value is -2.54. The molecule has 3 aromatic rings. The van der Waals surface area contributed by atoms with Crippen LogP contribution in [0.3, 0.4) is 0 Å². The number of H-pyrrole nitrogens is 1. The predicted octanol–water partition coefficient (Wildman–Crippen LogP) is 2.48. The smallest absolute Gasteiger partial charge is 0.272 e. The molecule has 0 aliphatic carbocycles. The summed E-state index contributed by atoms with van der Waals surface area (Å²) in [7, 11) is 0. The molecular formula is C15H15N5OS. The van der Waals surface area contributed by atoms with Crippen LogP contribution in [0.15, 0.2) is 30.5 Å². The number of amides is 1. The fraction of sp³-hybridized carbons (Fsp3) is 0.200. The summed E-state index contributed by atoms with van der Waals surface area (Å²) >= 11 is 1.58. The maximum Gasteiger partial charge on any atom is 0.272 e. The van der Waals surface area contributed by atoms with Crippen molar-refractivity contribution in [2.75, 3.05) is 0 Å². The van der Waals surface area contributed by atoms with Crippen LogP contribution in [0, 0.1) is 13.8 Å². The molecule has 3 rings (SSSR count). The summed E-state index contributed by atoms with van der Waals surface area (Å²) in [6.45, 7) is 4.28. The summed E-state index contributed by atoms with van der Waals surface area (Å²) in [5.74, 6) is -0.230. The molecule has 0 unspecified atom stereocenters. The standard InChI is InChI=1S/C15H15N5OS/c1-9-14(22-10(2)18-9)12-7-13(20-19-12)15(21)17-8-11-5-3-4-6-16-11/h3-7H,8H2,1-2H3,(H,17,21)(H,19,20). The highest BCUT2D eigenvalue weighted by molar-refractivity contribution is 7.15. The van der Waals surface area contributed by atoms with Crippen LogP contribution in [0.4, 0.5) is 0 Å². The summed E-state index contributed by atoms with van der Waals surface area (Å²) in [4.78, 5) is 21.7. The maximum atomic E-state index is 12.1. The average Bonchev–Trinajstić information content (AvgIpc) is 3.12. The first kappa shape index (κ1) is 14.4. The van der Waals surface area contributed by atoms with Gasteiger partial charge < -0.3 is 5.32 Å². The Morgan fingerprint density at radius 1 is 1.36 bits per heavy atom. The van der Waals surface area contributed by atoms with Crippen LogP contribution in [0.25, 0.3) is 10.6 Å². The molecule has 22 heavy (non-hydrogen) atoms. The summed E-state index contributed by atoms with van der Waals surface area (Å²) < 4.78 is 0. The Bertz CT molecular complexity index is 793. The van der Waals surface area contributed by atoms with E-state index in [-0.39, 0.29) is 5.91 Å². The van der Waals surface area contributed by atoms with E-state index in [9.17, 15) is 4.79 Å². The number of carbonyl (C=O) groups excluding carboxylic acids is 1. The first-order valence-corrected chi connectivity index (χ1v) is 7.63. The van der Waals surface area contributed by atoms with E-state index in [0.717, 1.165) is 27.0 Å². The Morgan fingerprint density at radius 2 is 2.23 bits per heavy atom. The van der Waals surface area contributed by atoms with Gasteiger partial charge in [-0.1, -0.05) is 6.07 Å². The number of hydrogen-bond acceptors (Lipinski definition) is 5. The van der Waals surface area contributed by atoms with Crippen molar-refractivity contribution < 1.29 is 4.79 Å². The molecule has 0 fully saturated rings. The summed E-state index contributed by atoms with van der Waals surface area (Å²) in [5, 5.41) is 10.8. The zero-order valence-electron chi connectivity index (χ0n) is 12.3. The third-order valence-electron chi connectivity index (χ3n) is 3.11. The number of nitrogens with zero attached hydrogens (tertiary/aromatic N) is 3. The number of pyridine rings is 1. The van der Waals surface area contributed by atoms with Crippen molar-refractivity contribution in [2.45, 2.75) is 20.4 Å². The van der Waals surface area contributed by atoms with Gasteiger partial charge in [-0.15, -0.1) is 11.3 Å². The van der Waals surface area contributed by atoms with Gasteiger partial charge in [0.1, 0.15) is 0 Å². The normalized spacial score (nSPS) is 10.6. The lowest BCUT2D eigenvalue weighted by molar-refractivity contribution is 0.0945. The Morgan fingerprint density at radius 3 is 2.91 bits per heavy atom. The van der Waals surface area contributed by atoms with E-state index in [1.807, 2.05) is 32.0 Å². The summed E-state index contributed by atoms with van der Waals surface area (Å²) in [5.41, 5.74) is 2.91. The molecule has 0 bridgehead atoms. The second-order valence-electron chi connectivity index (χ2n) is 4.82. The molecule has 0 aromatic carbocycles. The van der Waals surface area contributed by atoms with Crippen LogP contribution in [0.1, 0.15) is 26.9 Å². The van der Waals surface area contributed by atoms with Crippen molar-refractivity contribution in [3.8, 4) is 10.6 Å². The highest BCUT2D eigenvalue weighted by Crippen LogP contribution is 2.28. The summed E-state index contributed by atoms with van der Waals surface area (Å²) in [6, 6.07) is 7.33. The van der Waals surface area contributed by atoms with Crippen molar-refractivity contribution in [1.82, 2.24) is 25.5 Å². The van der Waals surface area contributed by atoms with Gasteiger partial charge in [-0.2, -0.15) is 5.10 Å². The average molecular weight is 313 g/mol. The molecule has 0 radical (unpaired) electrons. The zero-order valence-corrected chi connectivity index (χ0v) is 13.1. The van der Waals surface area contributed by atoms with Crippen LogP contribution in [-0.4, -0.2) is 26.1 Å². The number of thiazole rings is 1. The quantitative estimate of drug-likeness (QED) is 0.775. The number of aromatic nitrogens is 4. The number of aryl methyl sites for hydroxylation is 2. The largest absolute Gasteiger partial charge is 0.345 e. The fourth-order valence-electron chi connectivity index (χ4n) is 2.10. The van der Waals surface area contributed by atoms with Gasteiger partial charge in [-0.25, -0.2) is 4.98 Å². The molecule has 3 aromatic heterocycles. The van der Waals surface area contributed by atoms with E-state index >= 15 is 0 Å². The fourth-order valence-corrected chi connectivity index (χ4v) is 2.99. The van der Waals surface area contributed by atoms with Gasteiger partial charge in [-0.05, 0) is 32.0 Å². The Labute approximate surface area is 131 Å². The van der Waals surface area contributed by atoms with E-state index < -0.39 is 0 Å². The lowest BCUT2D eigenvalue weighted by Crippen LogP contribution is -2.23. The monoisotopic (exact) mass is 313 g/mol. The molecule has 0 saturated heterocycles. The minimum Gasteiger partial charge on any atom is -0.345 e. The van der Waals surface area contributed by atoms with Gasteiger partial charge >= 0.3 is 0 Å². The third-order valence-corrected chi connectivity index (χ3v) is 4.22. The van der Waals surface area contributed by atoms with Crippen molar-refractivity contribution >= 4 is 17.2 Å². The number of carbonyl (C=O) groups is 1. The molecule has 112 valence electrons. The molecule has 0 aliphatic rings. The maximum absolute atomic E-state index is 12.1. The Kier molecular flexibility index (Phi) is 3.97. The molecule has 0 atom stereocenters. The highest BCUT2D eigenvalue weighted by Gasteiger charge is 2.14. The molecule has 1 amide bonds. The van der Waals surface area contributed by atoms with Gasteiger partial charge in [0.25, 0.3) is 5.91 Å². The predicted molar refractivity (Wildman–Crippen MR) is 84.6 cm³/mol. The van der Waals surface area contributed by atoms with Crippen LogP contribution >= 0.6 is 11.3 Å². The lowest BCUT2D eigenvalue weighted by atomic mass is 10.2. The number of hydrogen-bond donors (Lipinski definition) is 2. The van der Waals surface area contributed by atoms with Crippen molar-refractivity contribution in [2.24, 2.45) is 0 Å². The van der Waals surface area contributed by atoms with Gasteiger partial charge in [0, 0.05) is 6.20 Å². The molecule has 3 heterocycles. The SMILES string of the molecule is Cc1nc(C)c(-c2cc(C(=O)NCc3ccccn3)n[nH]2)s1. The van der Waals surface area contributed by atoms with Crippen molar-refractivity contribution in [1.29, 1.82) is 0 Å². The molecule has 6 nitrogen and oxygen atoms in total. The van der Waals surface area contributed by atoms with E-state index in [4.69, 9.17) is 0 Å². The second kappa shape index (κ2) is 6.07. The highest BCUT2D eigenvalue weighted by atomic mass is 32.1. The molecule has 0 aliphatic heterocycles. The molecule has 2 N–H and O–H groups in total. The second-order valence-corrected chi connectivity index (χ2v) is 6.02. The first-order valence-electron chi connectivity index (χ1n) is 6.81. The van der Waals surface area contributed by atoms with Crippen LogP contribution < -0.4 is 5.32 Å². The Balaban J connectivity index is 1.71. The molecule has 0 spiro atoms. The van der Waals surface area contributed by atoms with Crippen molar-refractivity contribution in [3.63, 3.8) is 0 Å². The molecule has 7 heteroatoms. The molecular weight excluding hydrogens is 298 g/mol. The molecule has 0 saturated carbocycles. The van der Waals surface area contributed by atoms with Gasteiger partial charge in [0.15, 0.2) is 5.69 Å². The van der Waals surface area contributed by atoms with E-state index in [1.54, 1.807) is 23.6 Å². The first-order chi connectivity index (χ1) is 10.6. The van der Waals surface area contributed by atoms with Gasteiger partial charge in [0.05, 0.1) is 33.5 Å². The number of aromatic amines is 1. The van der Waals surface area contributed by atoms with E-state index in [1.165, 1.54) is 0 Å². The third kappa shape index (κ3) is 3.04. The summed E-state index contributed by atoms with van der Waals surface area (Å²) in [6.07, 6.45) is 1.70. The van der Waals surface area contributed by atoms with E-state index in [2.05, 4.69) is 25.5 Å². The van der Waals surface area contributed by atoms with Crippen LogP contribution in [0.5, 0.6) is 0 Å². The lowest BCUT2D eigenvalue weighted by Gasteiger charge is -2.01.